The molecule has 0 N–H and O–H groups in total. The lowest BCUT2D eigenvalue weighted by Crippen LogP contribution is -2.28. The van der Waals surface area contributed by atoms with E-state index in [1.807, 2.05) is 30.3 Å². The van der Waals surface area contributed by atoms with Crippen LogP contribution in [0.25, 0.3) is 21.9 Å². The Bertz CT molecular complexity index is 1200. The third-order valence-electron chi connectivity index (χ3n) is 5.24. The summed E-state index contributed by atoms with van der Waals surface area (Å²) >= 11 is 0. The average Bonchev–Trinajstić information content (AvgIpc) is 3.21. The van der Waals surface area contributed by atoms with E-state index in [1.54, 1.807) is 18.5 Å². The van der Waals surface area contributed by atoms with Crippen molar-refractivity contribution in [1.29, 1.82) is 5.26 Å². The fourth-order valence-electron chi connectivity index (χ4n) is 3.66. The lowest BCUT2D eigenvalue weighted by atomic mass is 10.00. The van der Waals surface area contributed by atoms with Crippen molar-refractivity contribution >= 4 is 20.8 Å². The Morgan fingerprint density at radius 1 is 1.24 bits per heavy atom. The summed E-state index contributed by atoms with van der Waals surface area (Å²) < 4.78 is 31.1. The second kappa shape index (κ2) is 7.82. The van der Waals surface area contributed by atoms with Gasteiger partial charge in [-0.3, -0.25) is 4.98 Å². The Morgan fingerprint density at radius 3 is 2.86 bits per heavy atom. The largest absolute Gasteiger partial charge is 0.493 e. The molecule has 0 amide bonds. The zero-order valence-electron chi connectivity index (χ0n) is 16.1. The van der Waals surface area contributed by atoms with E-state index < -0.39 is 10.0 Å². The van der Waals surface area contributed by atoms with Gasteiger partial charge in [0.15, 0.2) is 0 Å². The molecule has 3 aromatic rings. The van der Waals surface area contributed by atoms with Crippen LogP contribution in [0.4, 0.5) is 0 Å². The normalized spacial score (nSPS) is 17.3. The zero-order valence-corrected chi connectivity index (χ0v) is 16.9. The smallest absolute Gasteiger partial charge is 0.211 e. The quantitative estimate of drug-likeness (QED) is 0.647. The standard InChI is InChI=1S/C22H21N3O3S/c1-29(26,27)25-8-6-17(14-25)15-28-22-11-20(10-19-5-7-24-13-21(19)22)18-4-2-3-16(9-18)12-23/h2-5,7,9-11,13,17H,6,8,14-15H2,1H3. The average molecular weight is 407 g/mol. The maximum atomic E-state index is 11.7. The van der Waals surface area contributed by atoms with Crippen molar-refractivity contribution in [3.8, 4) is 22.9 Å². The molecule has 1 aromatic heterocycles. The summed E-state index contributed by atoms with van der Waals surface area (Å²) in [5.41, 5.74) is 2.50. The third kappa shape index (κ3) is 4.24. The molecular weight excluding hydrogens is 386 g/mol. The topological polar surface area (TPSA) is 83.3 Å². The molecule has 6 nitrogen and oxygen atoms in total. The number of nitriles is 1. The first-order valence-corrected chi connectivity index (χ1v) is 11.2. The van der Waals surface area contributed by atoms with Gasteiger partial charge in [0.1, 0.15) is 5.75 Å². The Labute approximate surface area is 170 Å². The zero-order chi connectivity index (χ0) is 20.4. The molecule has 0 spiro atoms. The van der Waals surface area contributed by atoms with Crippen molar-refractivity contribution in [2.75, 3.05) is 26.0 Å². The number of pyridine rings is 1. The first-order chi connectivity index (χ1) is 13.9. The Hall–Kier alpha value is -2.95. The summed E-state index contributed by atoms with van der Waals surface area (Å²) in [6.45, 7) is 1.47. The van der Waals surface area contributed by atoms with Crippen molar-refractivity contribution in [3.05, 3.63) is 60.4 Å². The molecule has 0 saturated carbocycles. The number of aromatic nitrogens is 1. The molecule has 4 rings (SSSR count). The fourth-order valence-corrected chi connectivity index (χ4v) is 4.58. The van der Waals surface area contributed by atoms with Crippen molar-refractivity contribution in [2.24, 2.45) is 5.92 Å². The minimum atomic E-state index is -3.16. The van der Waals surface area contributed by atoms with Gasteiger partial charge in [0, 0.05) is 36.8 Å². The molecule has 0 radical (unpaired) electrons. The van der Waals surface area contributed by atoms with Gasteiger partial charge in [-0.15, -0.1) is 0 Å². The van der Waals surface area contributed by atoms with Crippen LogP contribution in [0.1, 0.15) is 12.0 Å². The Kier molecular flexibility index (Phi) is 5.22. The van der Waals surface area contributed by atoms with Crippen LogP contribution >= 0.6 is 0 Å². The molecule has 148 valence electrons. The number of ether oxygens (including phenoxy) is 1. The molecule has 1 saturated heterocycles. The van der Waals surface area contributed by atoms with E-state index in [1.165, 1.54) is 10.6 Å². The van der Waals surface area contributed by atoms with Gasteiger partial charge >= 0.3 is 0 Å². The summed E-state index contributed by atoms with van der Waals surface area (Å²) in [5.74, 6) is 0.868. The van der Waals surface area contributed by atoms with Crippen molar-refractivity contribution in [1.82, 2.24) is 9.29 Å². The predicted molar refractivity (Wildman–Crippen MR) is 112 cm³/mol. The van der Waals surface area contributed by atoms with Crippen LogP contribution in [0.2, 0.25) is 0 Å². The number of hydrogen-bond acceptors (Lipinski definition) is 5. The highest BCUT2D eigenvalue weighted by atomic mass is 32.2. The molecule has 1 fully saturated rings. The van der Waals surface area contributed by atoms with Gasteiger partial charge < -0.3 is 4.74 Å². The maximum absolute atomic E-state index is 11.7. The first kappa shape index (κ1) is 19.4. The molecule has 1 unspecified atom stereocenters. The number of sulfonamides is 1. The van der Waals surface area contributed by atoms with Gasteiger partial charge in [0.2, 0.25) is 10.0 Å². The number of rotatable bonds is 5. The summed E-state index contributed by atoms with van der Waals surface area (Å²) in [6, 6.07) is 15.6. The van der Waals surface area contributed by atoms with Crippen LogP contribution in [0, 0.1) is 17.2 Å². The minimum absolute atomic E-state index is 0.155. The van der Waals surface area contributed by atoms with Gasteiger partial charge in [0.05, 0.1) is 24.5 Å². The second-order valence-corrected chi connectivity index (χ2v) is 9.33. The van der Waals surface area contributed by atoms with Gasteiger partial charge in [-0.2, -0.15) is 5.26 Å². The molecule has 1 atom stereocenters. The van der Waals surface area contributed by atoms with E-state index in [0.29, 0.717) is 31.0 Å². The van der Waals surface area contributed by atoms with Gasteiger partial charge in [-0.05, 0) is 53.3 Å². The Balaban J connectivity index is 1.62. The molecule has 1 aliphatic heterocycles. The molecule has 29 heavy (non-hydrogen) atoms. The van der Waals surface area contributed by atoms with E-state index in [2.05, 4.69) is 17.1 Å². The van der Waals surface area contributed by atoms with E-state index in [0.717, 1.165) is 28.3 Å². The van der Waals surface area contributed by atoms with E-state index in [4.69, 9.17) is 4.74 Å². The molecule has 2 aromatic carbocycles. The number of benzene rings is 2. The first-order valence-electron chi connectivity index (χ1n) is 9.40. The monoisotopic (exact) mass is 407 g/mol. The van der Waals surface area contributed by atoms with Crippen LogP contribution in [0.15, 0.2) is 54.9 Å². The third-order valence-corrected chi connectivity index (χ3v) is 6.50. The van der Waals surface area contributed by atoms with Crippen LogP contribution in [-0.4, -0.2) is 43.7 Å². The summed E-state index contributed by atoms with van der Waals surface area (Å²) in [4.78, 5) is 4.22. The van der Waals surface area contributed by atoms with Gasteiger partial charge in [-0.25, -0.2) is 12.7 Å². The van der Waals surface area contributed by atoms with Crippen molar-refractivity contribution in [2.45, 2.75) is 6.42 Å². The molecule has 0 bridgehead atoms. The highest BCUT2D eigenvalue weighted by Crippen LogP contribution is 2.33. The lowest BCUT2D eigenvalue weighted by Gasteiger charge is -2.16. The summed E-state index contributed by atoms with van der Waals surface area (Å²) in [5, 5.41) is 11.1. The Morgan fingerprint density at radius 2 is 2.10 bits per heavy atom. The summed E-state index contributed by atoms with van der Waals surface area (Å²) in [7, 11) is -3.16. The number of fused-ring (bicyclic) bond motifs is 1. The van der Waals surface area contributed by atoms with Crippen molar-refractivity contribution in [3.63, 3.8) is 0 Å². The number of nitrogens with zero attached hydrogens (tertiary/aromatic N) is 3. The minimum Gasteiger partial charge on any atom is -0.493 e. The van der Waals surface area contributed by atoms with Gasteiger partial charge in [0.25, 0.3) is 0 Å². The van der Waals surface area contributed by atoms with Crippen molar-refractivity contribution < 1.29 is 13.2 Å². The molecule has 7 heteroatoms. The van der Waals surface area contributed by atoms with Crippen LogP contribution in [0.3, 0.4) is 0 Å². The van der Waals surface area contributed by atoms with Gasteiger partial charge in [-0.1, -0.05) is 12.1 Å². The molecule has 0 aliphatic carbocycles. The van der Waals surface area contributed by atoms with E-state index in [9.17, 15) is 13.7 Å². The van der Waals surface area contributed by atoms with Crippen LogP contribution in [-0.2, 0) is 10.0 Å². The van der Waals surface area contributed by atoms with Crippen LogP contribution < -0.4 is 4.74 Å². The summed E-state index contributed by atoms with van der Waals surface area (Å²) in [6.07, 6.45) is 5.54. The second-order valence-electron chi connectivity index (χ2n) is 7.35. The number of hydrogen-bond donors (Lipinski definition) is 0. The lowest BCUT2D eigenvalue weighted by molar-refractivity contribution is 0.258. The SMILES string of the molecule is CS(=O)(=O)N1CCC(COc2cc(-c3cccc(C#N)c3)cc3ccncc23)C1. The fraction of sp³-hybridized carbons (Fsp3) is 0.273. The molecule has 2 heterocycles. The highest BCUT2D eigenvalue weighted by Gasteiger charge is 2.29. The van der Waals surface area contributed by atoms with Crippen LogP contribution in [0.5, 0.6) is 5.75 Å². The van der Waals surface area contributed by atoms with E-state index >= 15 is 0 Å². The highest BCUT2D eigenvalue weighted by molar-refractivity contribution is 7.88. The molecular formula is C22H21N3O3S. The maximum Gasteiger partial charge on any atom is 0.211 e. The van der Waals surface area contributed by atoms with E-state index in [-0.39, 0.29) is 5.92 Å². The predicted octanol–water partition coefficient (Wildman–Crippen LogP) is 3.43. The molecule has 1 aliphatic rings.